The van der Waals surface area contributed by atoms with Crippen LogP contribution in [0.3, 0.4) is 0 Å². The van der Waals surface area contributed by atoms with Gasteiger partial charge in [0, 0.05) is 30.7 Å². The van der Waals surface area contributed by atoms with Gasteiger partial charge in [0.2, 0.25) is 0 Å². The first kappa shape index (κ1) is 21.6. The number of carbonyl (C=O) groups is 3. The van der Waals surface area contributed by atoms with Gasteiger partial charge in [-0.2, -0.15) is 5.10 Å². The molecule has 4 N–H and O–H groups in total. The lowest BCUT2D eigenvalue weighted by molar-refractivity contribution is -0.141. The number of carboxylic acid groups (broad SMARTS) is 3. The van der Waals surface area contributed by atoms with Crippen LogP contribution in [0, 0.1) is 17.3 Å². The molecule has 2 unspecified atom stereocenters. The summed E-state index contributed by atoms with van der Waals surface area (Å²) in [5.41, 5.74) is 2.66. The van der Waals surface area contributed by atoms with E-state index >= 15 is 0 Å². The Bertz CT molecular complexity index is 657. The first-order chi connectivity index (χ1) is 13.3. The van der Waals surface area contributed by atoms with Gasteiger partial charge in [-0.25, -0.2) is 0 Å². The van der Waals surface area contributed by atoms with Gasteiger partial charge in [0.05, 0.1) is 18.3 Å². The van der Waals surface area contributed by atoms with Crippen molar-refractivity contribution in [3.05, 3.63) is 11.9 Å². The Morgan fingerprint density at radius 1 is 0.929 bits per heavy atom. The van der Waals surface area contributed by atoms with Crippen molar-refractivity contribution in [2.24, 2.45) is 27.3 Å². The number of hydrazone groups is 1. The molecule has 1 heterocycles. The Morgan fingerprint density at radius 2 is 1.50 bits per heavy atom. The van der Waals surface area contributed by atoms with Gasteiger partial charge in [-0.05, 0) is 50.4 Å². The van der Waals surface area contributed by atoms with Crippen LogP contribution in [0.2, 0.25) is 0 Å². The Labute approximate surface area is 163 Å². The number of aliphatic carboxylic acids is 3. The molecule has 154 valence electrons. The zero-order chi connectivity index (χ0) is 20.6. The predicted octanol–water partition coefficient (Wildman–Crippen LogP) is 2.48. The van der Waals surface area contributed by atoms with Crippen molar-refractivity contribution in [2.45, 2.75) is 57.8 Å². The average Bonchev–Trinajstić information content (AvgIpc) is 2.85. The van der Waals surface area contributed by atoms with E-state index in [1.165, 1.54) is 12.4 Å². The lowest BCUT2D eigenvalue weighted by Gasteiger charge is -2.35. The van der Waals surface area contributed by atoms with Gasteiger partial charge in [0.15, 0.2) is 0 Å². The molecule has 0 spiro atoms. The quantitative estimate of drug-likeness (QED) is 0.519. The van der Waals surface area contributed by atoms with E-state index in [9.17, 15) is 29.7 Å². The number of aliphatic imine (C=N–C) groups is 1. The fourth-order valence-corrected chi connectivity index (χ4v) is 4.16. The molecule has 0 aromatic rings. The van der Waals surface area contributed by atoms with Crippen molar-refractivity contribution >= 4 is 30.3 Å². The third-order valence-corrected chi connectivity index (χ3v) is 5.65. The summed E-state index contributed by atoms with van der Waals surface area (Å²) in [6.45, 7) is 0. The van der Waals surface area contributed by atoms with Crippen molar-refractivity contribution in [3.63, 3.8) is 0 Å². The van der Waals surface area contributed by atoms with E-state index in [4.69, 9.17) is 0 Å². The van der Waals surface area contributed by atoms with Crippen LogP contribution in [0.4, 0.5) is 0 Å². The number of hydrogen-bond acceptors (Lipinski definition) is 6. The summed E-state index contributed by atoms with van der Waals surface area (Å²) < 4.78 is 0. The Hall–Kier alpha value is -2.71. The van der Waals surface area contributed by atoms with Crippen molar-refractivity contribution < 1.29 is 29.7 Å². The second kappa shape index (κ2) is 10.0. The highest BCUT2D eigenvalue weighted by molar-refractivity contribution is 6.16. The highest BCUT2D eigenvalue weighted by atomic mass is 16.4. The largest absolute Gasteiger partial charge is 0.481 e. The number of nitrogens with one attached hydrogen (secondary N) is 1. The molecule has 0 amide bonds. The van der Waals surface area contributed by atoms with E-state index in [-0.39, 0.29) is 31.1 Å². The summed E-state index contributed by atoms with van der Waals surface area (Å²) in [5.74, 6) is -3.02. The van der Waals surface area contributed by atoms with E-state index in [0.29, 0.717) is 44.2 Å². The van der Waals surface area contributed by atoms with E-state index in [1.807, 2.05) is 0 Å². The maximum Gasteiger partial charge on any atom is 0.304 e. The molecule has 1 aliphatic carbocycles. The molecule has 0 aromatic heterocycles. The Morgan fingerprint density at radius 3 is 2.00 bits per heavy atom. The SMILES string of the molecule is O=C(O)CC1CCC(CC(=O)O)CCC(CC(=O)O)(C2=CN=CC=NN2)CC1. The minimum Gasteiger partial charge on any atom is -0.481 e. The molecular weight excluding hydrogens is 366 g/mol. The maximum atomic E-state index is 11.7. The van der Waals surface area contributed by atoms with Crippen molar-refractivity contribution in [1.82, 2.24) is 5.43 Å². The molecule has 2 rings (SSSR count). The van der Waals surface area contributed by atoms with Crippen LogP contribution in [0.25, 0.3) is 0 Å². The van der Waals surface area contributed by atoms with Crippen LogP contribution in [0.5, 0.6) is 0 Å². The van der Waals surface area contributed by atoms with Gasteiger partial charge in [0.1, 0.15) is 0 Å². The number of allylic oxidation sites excluding steroid dienone is 1. The topological polar surface area (TPSA) is 149 Å². The smallest absolute Gasteiger partial charge is 0.304 e. The monoisotopic (exact) mass is 393 g/mol. The molecule has 28 heavy (non-hydrogen) atoms. The Kier molecular flexibility index (Phi) is 7.71. The fourth-order valence-electron chi connectivity index (χ4n) is 4.16. The minimum atomic E-state index is -0.969. The lowest BCUT2D eigenvalue weighted by Crippen LogP contribution is -2.33. The predicted molar refractivity (Wildman–Crippen MR) is 102 cm³/mol. The number of nitrogens with zero attached hydrogens (tertiary/aromatic N) is 2. The van der Waals surface area contributed by atoms with Crippen molar-refractivity contribution in [2.75, 3.05) is 0 Å². The molecule has 0 saturated heterocycles. The third-order valence-electron chi connectivity index (χ3n) is 5.65. The van der Waals surface area contributed by atoms with Gasteiger partial charge >= 0.3 is 17.9 Å². The summed E-state index contributed by atoms with van der Waals surface area (Å²) in [6.07, 6.45) is 7.63. The lowest BCUT2D eigenvalue weighted by atomic mass is 9.71. The van der Waals surface area contributed by atoms with Crippen LogP contribution in [-0.2, 0) is 14.4 Å². The number of hydrogen-bond donors (Lipinski definition) is 4. The van der Waals surface area contributed by atoms with Crippen LogP contribution < -0.4 is 5.43 Å². The van der Waals surface area contributed by atoms with Gasteiger partial charge in [-0.1, -0.05) is 0 Å². The number of rotatable bonds is 7. The second-order valence-electron chi connectivity index (χ2n) is 7.66. The third kappa shape index (κ3) is 6.47. The van der Waals surface area contributed by atoms with Gasteiger partial charge in [-0.15, -0.1) is 0 Å². The molecule has 0 radical (unpaired) electrons. The molecule has 2 aliphatic rings. The summed E-state index contributed by atoms with van der Waals surface area (Å²) in [4.78, 5) is 38.3. The fraction of sp³-hybridized carbons (Fsp3) is 0.632. The van der Waals surface area contributed by atoms with E-state index in [2.05, 4.69) is 15.5 Å². The minimum absolute atomic E-state index is 0.00821. The van der Waals surface area contributed by atoms with Gasteiger partial charge in [-0.3, -0.25) is 24.8 Å². The van der Waals surface area contributed by atoms with E-state index < -0.39 is 23.3 Å². The first-order valence-corrected chi connectivity index (χ1v) is 9.47. The standard InChI is InChI=1S/C19H27N3O6/c23-16(24)9-13-1-2-14(10-17(25)26)4-6-19(5-3-13,11-18(27)28)15-12-20-7-8-21-22-15/h7-8,12-14,22H,1-6,9-11H2,(H,23,24)(H,25,26)(H,27,28). The molecular formula is C19H27N3O6. The van der Waals surface area contributed by atoms with Gasteiger partial charge in [0.25, 0.3) is 0 Å². The Balaban J connectivity index is 2.36. The molecule has 2 atom stereocenters. The highest BCUT2D eigenvalue weighted by Crippen LogP contribution is 2.45. The molecule has 9 nitrogen and oxygen atoms in total. The van der Waals surface area contributed by atoms with Crippen LogP contribution >= 0.6 is 0 Å². The summed E-state index contributed by atoms with van der Waals surface area (Å²) in [7, 11) is 0. The molecule has 1 aliphatic heterocycles. The summed E-state index contributed by atoms with van der Waals surface area (Å²) in [5, 5.41) is 32.0. The first-order valence-electron chi connectivity index (χ1n) is 9.47. The normalized spacial score (nSPS) is 28.1. The number of carboxylic acids is 3. The second-order valence-corrected chi connectivity index (χ2v) is 7.66. The molecule has 1 fully saturated rings. The zero-order valence-electron chi connectivity index (χ0n) is 15.7. The molecule has 0 bridgehead atoms. The average molecular weight is 393 g/mol. The van der Waals surface area contributed by atoms with Crippen molar-refractivity contribution in [1.29, 1.82) is 0 Å². The molecule has 1 saturated carbocycles. The van der Waals surface area contributed by atoms with E-state index in [0.717, 1.165) is 0 Å². The maximum absolute atomic E-state index is 11.7. The van der Waals surface area contributed by atoms with Crippen LogP contribution in [-0.4, -0.2) is 45.7 Å². The highest BCUT2D eigenvalue weighted by Gasteiger charge is 2.39. The summed E-state index contributed by atoms with van der Waals surface area (Å²) >= 11 is 0. The van der Waals surface area contributed by atoms with Crippen LogP contribution in [0.1, 0.15) is 57.8 Å². The van der Waals surface area contributed by atoms with E-state index in [1.54, 1.807) is 6.20 Å². The molecule has 9 heteroatoms. The van der Waals surface area contributed by atoms with Gasteiger partial charge < -0.3 is 15.3 Å². The van der Waals surface area contributed by atoms with Crippen molar-refractivity contribution in [3.8, 4) is 0 Å². The zero-order valence-corrected chi connectivity index (χ0v) is 15.7. The summed E-state index contributed by atoms with van der Waals surface area (Å²) in [6, 6.07) is 0. The van der Waals surface area contributed by atoms with Crippen LogP contribution in [0.15, 0.2) is 22.0 Å². The molecule has 0 aromatic carbocycles.